The second kappa shape index (κ2) is 60.6. The summed E-state index contributed by atoms with van der Waals surface area (Å²) in [5, 5.41) is 0. The number of allylic oxidation sites excluding steroid dienone is 18. The number of hydrogen-bond donors (Lipinski definition) is 0. The van der Waals surface area contributed by atoms with Crippen LogP contribution in [0.4, 0.5) is 0 Å². The molecule has 0 amide bonds. The molecule has 0 aliphatic carbocycles. The predicted molar refractivity (Wildman–Crippen MR) is 316 cm³/mol. The molecule has 0 aromatic heterocycles. The summed E-state index contributed by atoms with van der Waals surface area (Å²) in [7, 11) is 0. The van der Waals surface area contributed by atoms with Crippen molar-refractivity contribution >= 4 is 17.9 Å². The van der Waals surface area contributed by atoms with Gasteiger partial charge in [0, 0.05) is 19.3 Å². The Labute approximate surface area is 450 Å². The van der Waals surface area contributed by atoms with E-state index in [-0.39, 0.29) is 31.1 Å². The van der Waals surface area contributed by atoms with Crippen LogP contribution in [0.2, 0.25) is 0 Å². The van der Waals surface area contributed by atoms with Crippen LogP contribution in [0.5, 0.6) is 0 Å². The van der Waals surface area contributed by atoms with E-state index in [0.29, 0.717) is 19.3 Å². The topological polar surface area (TPSA) is 78.9 Å². The average molecular weight is 1010 g/mol. The second-order valence-corrected chi connectivity index (χ2v) is 19.9. The standard InChI is InChI=1S/C67H112O6/c1-4-7-10-13-16-18-20-22-24-26-27-28-29-30-31-32-33-34-35-36-37-38-39-41-42-44-46-48-51-54-57-60-66(69)72-63-64(62-71-65(68)59-56-53-50-15-12-9-6-3)73-67(70)61-58-55-52-49-47-45-43-40-25-23-21-19-17-14-11-8-5-2/h7,10,16,18,22-25,27-28,30-31,33-34,36-37,39,41,64H,4-6,8-9,11-15,17,19-21,26,29,32,35,38,40,42-63H2,1-3H3/b10-7-,18-16-,24-22-,25-23-,28-27-,31-30-,34-33-,37-36-,41-39-. The van der Waals surface area contributed by atoms with E-state index in [1.165, 1.54) is 116 Å². The number of unbranched alkanes of at least 4 members (excludes halogenated alkanes) is 25. The molecular formula is C67H112O6. The third kappa shape index (κ3) is 58.8. The van der Waals surface area contributed by atoms with Crippen LogP contribution in [0.25, 0.3) is 0 Å². The number of carbonyl (C=O) groups excluding carboxylic acids is 3. The van der Waals surface area contributed by atoms with Crippen LogP contribution in [0.1, 0.15) is 278 Å². The number of hydrogen-bond acceptors (Lipinski definition) is 6. The molecular weight excluding hydrogens is 901 g/mol. The zero-order valence-electron chi connectivity index (χ0n) is 47.6. The SMILES string of the molecule is CC/C=C\C/C=C\C/C=C\C/C=C\C/C=C\C/C=C\C/C=C\C/C=C\CCCCCCCCC(=O)OCC(COC(=O)CCCCCCCCC)OC(=O)CCCCCCCCC/C=C\CCCCCCCC. The number of rotatable bonds is 54. The van der Waals surface area contributed by atoms with E-state index < -0.39 is 6.10 Å². The highest BCUT2D eigenvalue weighted by Gasteiger charge is 2.19. The van der Waals surface area contributed by atoms with Crippen molar-refractivity contribution in [2.24, 2.45) is 0 Å². The van der Waals surface area contributed by atoms with Crippen molar-refractivity contribution in [3.8, 4) is 0 Å². The fraction of sp³-hybridized carbons (Fsp3) is 0.687. The zero-order valence-corrected chi connectivity index (χ0v) is 47.6. The lowest BCUT2D eigenvalue weighted by Crippen LogP contribution is -2.30. The third-order valence-corrected chi connectivity index (χ3v) is 12.8. The van der Waals surface area contributed by atoms with Gasteiger partial charge in [-0.3, -0.25) is 14.4 Å². The number of esters is 3. The molecule has 0 N–H and O–H groups in total. The van der Waals surface area contributed by atoms with Crippen molar-refractivity contribution in [2.45, 2.75) is 284 Å². The van der Waals surface area contributed by atoms with Gasteiger partial charge < -0.3 is 14.2 Å². The Kier molecular flexibility index (Phi) is 57.4. The van der Waals surface area contributed by atoms with Crippen LogP contribution < -0.4 is 0 Å². The molecule has 0 bridgehead atoms. The molecule has 416 valence electrons. The summed E-state index contributed by atoms with van der Waals surface area (Å²) in [6, 6.07) is 0. The Bertz CT molecular complexity index is 1490. The van der Waals surface area contributed by atoms with Gasteiger partial charge in [0.2, 0.25) is 0 Å². The lowest BCUT2D eigenvalue weighted by atomic mass is 10.1. The van der Waals surface area contributed by atoms with Gasteiger partial charge in [-0.2, -0.15) is 0 Å². The van der Waals surface area contributed by atoms with E-state index in [0.717, 1.165) is 122 Å². The van der Waals surface area contributed by atoms with Gasteiger partial charge in [-0.05, 0) is 109 Å². The zero-order chi connectivity index (χ0) is 52.9. The molecule has 0 radical (unpaired) electrons. The fourth-order valence-electron chi connectivity index (χ4n) is 8.22. The maximum absolute atomic E-state index is 12.8. The number of carbonyl (C=O) groups is 3. The first-order valence-corrected chi connectivity index (χ1v) is 30.4. The predicted octanol–water partition coefficient (Wildman–Crippen LogP) is 20.7. The highest BCUT2D eigenvalue weighted by Crippen LogP contribution is 2.15. The monoisotopic (exact) mass is 1010 g/mol. The maximum Gasteiger partial charge on any atom is 0.306 e. The van der Waals surface area contributed by atoms with Gasteiger partial charge in [0.25, 0.3) is 0 Å². The number of ether oxygens (including phenoxy) is 3. The molecule has 0 rings (SSSR count). The van der Waals surface area contributed by atoms with Crippen LogP contribution in [-0.2, 0) is 28.6 Å². The summed E-state index contributed by atoms with van der Waals surface area (Å²) >= 11 is 0. The molecule has 6 nitrogen and oxygen atoms in total. The Morgan fingerprint density at radius 3 is 0.849 bits per heavy atom. The molecule has 0 saturated heterocycles. The Hall–Kier alpha value is -3.93. The third-order valence-electron chi connectivity index (χ3n) is 12.8. The minimum Gasteiger partial charge on any atom is -0.462 e. The molecule has 0 saturated carbocycles. The van der Waals surface area contributed by atoms with Crippen molar-refractivity contribution in [1.29, 1.82) is 0 Å². The highest BCUT2D eigenvalue weighted by molar-refractivity contribution is 5.71. The van der Waals surface area contributed by atoms with Crippen LogP contribution in [0, 0.1) is 0 Å². The highest BCUT2D eigenvalue weighted by atomic mass is 16.6. The quantitative estimate of drug-likeness (QED) is 0.0261. The molecule has 0 aromatic rings. The maximum atomic E-state index is 12.8. The van der Waals surface area contributed by atoms with E-state index in [1.807, 2.05) is 0 Å². The van der Waals surface area contributed by atoms with E-state index in [2.05, 4.69) is 130 Å². The van der Waals surface area contributed by atoms with E-state index in [1.54, 1.807) is 0 Å². The van der Waals surface area contributed by atoms with Crippen LogP contribution in [0.15, 0.2) is 109 Å². The van der Waals surface area contributed by atoms with E-state index >= 15 is 0 Å². The first kappa shape index (κ1) is 69.1. The largest absolute Gasteiger partial charge is 0.462 e. The van der Waals surface area contributed by atoms with Crippen LogP contribution >= 0.6 is 0 Å². The summed E-state index contributed by atoms with van der Waals surface area (Å²) in [6.07, 6.45) is 82.5. The van der Waals surface area contributed by atoms with Crippen molar-refractivity contribution < 1.29 is 28.6 Å². The fourth-order valence-corrected chi connectivity index (χ4v) is 8.22. The smallest absolute Gasteiger partial charge is 0.306 e. The molecule has 1 unspecified atom stereocenters. The van der Waals surface area contributed by atoms with Crippen LogP contribution in [0.3, 0.4) is 0 Å². The van der Waals surface area contributed by atoms with Crippen molar-refractivity contribution in [3.05, 3.63) is 109 Å². The first-order valence-electron chi connectivity index (χ1n) is 30.4. The molecule has 0 aliphatic rings. The summed E-state index contributed by atoms with van der Waals surface area (Å²) in [4.78, 5) is 38.0. The Morgan fingerprint density at radius 1 is 0.288 bits per heavy atom. The van der Waals surface area contributed by atoms with Gasteiger partial charge in [-0.15, -0.1) is 0 Å². The van der Waals surface area contributed by atoms with E-state index in [9.17, 15) is 14.4 Å². The average Bonchev–Trinajstić information content (AvgIpc) is 3.39. The molecule has 0 heterocycles. The summed E-state index contributed by atoms with van der Waals surface area (Å²) in [5.74, 6) is -0.908. The second-order valence-electron chi connectivity index (χ2n) is 19.9. The van der Waals surface area contributed by atoms with Gasteiger partial charge in [-0.25, -0.2) is 0 Å². The summed E-state index contributed by atoms with van der Waals surface area (Å²) < 4.78 is 16.8. The molecule has 6 heteroatoms. The molecule has 73 heavy (non-hydrogen) atoms. The molecule has 0 spiro atoms. The molecule has 1 atom stereocenters. The van der Waals surface area contributed by atoms with Crippen LogP contribution in [-0.4, -0.2) is 37.2 Å². The van der Waals surface area contributed by atoms with E-state index in [4.69, 9.17) is 14.2 Å². The lowest BCUT2D eigenvalue weighted by Gasteiger charge is -2.18. The Morgan fingerprint density at radius 2 is 0.534 bits per heavy atom. The van der Waals surface area contributed by atoms with Gasteiger partial charge in [-0.1, -0.05) is 259 Å². The summed E-state index contributed by atoms with van der Waals surface area (Å²) in [6.45, 7) is 6.47. The van der Waals surface area contributed by atoms with Crippen molar-refractivity contribution in [3.63, 3.8) is 0 Å². The lowest BCUT2D eigenvalue weighted by molar-refractivity contribution is -0.167. The molecule has 0 fully saturated rings. The first-order chi connectivity index (χ1) is 36.0. The molecule has 0 aliphatic heterocycles. The summed E-state index contributed by atoms with van der Waals surface area (Å²) in [5.41, 5.74) is 0. The minimum atomic E-state index is -0.785. The van der Waals surface area contributed by atoms with Crippen molar-refractivity contribution in [1.82, 2.24) is 0 Å². The van der Waals surface area contributed by atoms with Gasteiger partial charge >= 0.3 is 17.9 Å². The minimum absolute atomic E-state index is 0.0838. The van der Waals surface area contributed by atoms with Gasteiger partial charge in [0.15, 0.2) is 6.10 Å². The van der Waals surface area contributed by atoms with Gasteiger partial charge in [0.05, 0.1) is 0 Å². The van der Waals surface area contributed by atoms with Gasteiger partial charge in [0.1, 0.15) is 13.2 Å². The van der Waals surface area contributed by atoms with Crippen molar-refractivity contribution in [2.75, 3.05) is 13.2 Å². The Balaban J connectivity index is 4.20. The molecule has 0 aromatic carbocycles. The normalized spacial score (nSPS) is 12.9.